The molecular formula is C21H24FN3O4S. The number of likely N-dealkylation sites (N-methyl/N-ethyl adjacent to an activating group) is 1. The smallest absolute Gasteiger partial charge is 0.243 e. The summed E-state index contributed by atoms with van der Waals surface area (Å²) in [5.74, 6) is -1.36. The van der Waals surface area contributed by atoms with Crippen LogP contribution in [0, 0.1) is 12.7 Å². The molecule has 7 nitrogen and oxygen atoms in total. The predicted octanol–water partition coefficient (Wildman–Crippen LogP) is 2.38. The fraction of sp³-hybridized carbons (Fsp3) is 0.333. The number of amides is 2. The Morgan fingerprint density at radius 1 is 1.13 bits per heavy atom. The number of benzene rings is 2. The van der Waals surface area contributed by atoms with Crippen LogP contribution in [0.2, 0.25) is 0 Å². The molecule has 0 saturated carbocycles. The molecule has 1 aliphatic rings. The zero-order chi connectivity index (χ0) is 21.9. The van der Waals surface area contributed by atoms with Gasteiger partial charge in [-0.3, -0.25) is 9.59 Å². The van der Waals surface area contributed by atoms with Crippen LogP contribution in [0.4, 0.5) is 10.1 Å². The van der Waals surface area contributed by atoms with E-state index in [9.17, 15) is 22.4 Å². The Labute approximate surface area is 175 Å². The minimum absolute atomic E-state index is 0.0663. The van der Waals surface area contributed by atoms with Crippen molar-refractivity contribution in [3.63, 3.8) is 0 Å². The Hall–Kier alpha value is -2.78. The third-order valence-electron chi connectivity index (χ3n) is 5.00. The quantitative estimate of drug-likeness (QED) is 0.758. The lowest BCUT2D eigenvalue weighted by Crippen LogP contribution is -2.48. The van der Waals surface area contributed by atoms with E-state index in [0.29, 0.717) is 18.5 Å². The lowest BCUT2D eigenvalue weighted by Gasteiger charge is -2.27. The van der Waals surface area contributed by atoms with Crippen LogP contribution in [0.15, 0.2) is 53.4 Å². The van der Waals surface area contributed by atoms with Crippen molar-refractivity contribution in [2.24, 2.45) is 0 Å². The molecule has 0 spiro atoms. The number of hydrogen-bond acceptors (Lipinski definition) is 4. The Kier molecular flexibility index (Phi) is 6.52. The van der Waals surface area contributed by atoms with Gasteiger partial charge in [0.15, 0.2) is 0 Å². The first-order valence-corrected chi connectivity index (χ1v) is 11.0. The number of sulfonamides is 1. The summed E-state index contributed by atoms with van der Waals surface area (Å²) in [6, 6.07) is 10.9. The molecule has 2 aromatic rings. The summed E-state index contributed by atoms with van der Waals surface area (Å²) in [6.07, 6.45) is 0.892. The van der Waals surface area contributed by atoms with Crippen molar-refractivity contribution in [1.29, 1.82) is 0 Å². The Balaban J connectivity index is 1.67. The number of rotatable bonds is 6. The third kappa shape index (κ3) is 4.85. The molecule has 2 amide bonds. The predicted molar refractivity (Wildman–Crippen MR) is 111 cm³/mol. The Bertz CT molecular complexity index is 1020. The molecule has 160 valence electrons. The molecule has 1 heterocycles. The molecule has 1 aliphatic heterocycles. The first kappa shape index (κ1) is 21.9. The monoisotopic (exact) mass is 433 g/mol. The van der Waals surface area contributed by atoms with E-state index in [1.807, 2.05) is 19.1 Å². The summed E-state index contributed by atoms with van der Waals surface area (Å²) in [6.45, 7) is 1.93. The molecule has 9 heteroatoms. The molecule has 2 aromatic carbocycles. The van der Waals surface area contributed by atoms with Crippen molar-refractivity contribution in [2.45, 2.75) is 30.7 Å². The number of carbonyl (C=O) groups is 2. The van der Waals surface area contributed by atoms with Gasteiger partial charge in [-0.25, -0.2) is 12.8 Å². The summed E-state index contributed by atoms with van der Waals surface area (Å²) in [7, 11) is -2.48. The topological polar surface area (TPSA) is 86.8 Å². The second kappa shape index (κ2) is 8.93. The number of nitrogens with zero attached hydrogens (tertiary/aromatic N) is 2. The molecular weight excluding hydrogens is 409 g/mol. The maximum absolute atomic E-state index is 13.2. The van der Waals surface area contributed by atoms with E-state index >= 15 is 0 Å². The lowest BCUT2D eigenvalue weighted by atomic mass is 10.2. The highest BCUT2D eigenvalue weighted by Gasteiger charge is 2.40. The molecule has 1 atom stereocenters. The number of hydrogen-bond donors (Lipinski definition) is 1. The first-order chi connectivity index (χ1) is 14.2. The number of halogens is 1. The molecule has 1 N–H and O–H groups in total. The molecule has 30 heavy (non-hydrogen) atoms. The first-order valence-electron chi connectivity index (χ1n) is 9.57. The van der Waals surface area contributed by atoms with E-state index in [1.165, 1.54) is 24.1 Å². The largest absolute Gasteiger partial charge is 0.335 e. The lowest BCUT2D eigenvalue weighted by molar-refractivity contribution is -0.136. The van der Waals surface area contributed by atoms with E-state index < -0.39 is 27.8 Å². The van der Waals surface area contributed by atoms with Gasteiger partial charge in [-0.1, -0.05) is 17.7 Å². The van der Waals surface area contributed by atoms with Crippen LogP contribution in [-0.4, -0.2) is 55.6 Å². The molecule has 1 fully saturated rings. The molecule has 0 bridgehead atoms. The van der Waals surface area contributed by atoms with E-state index in [4.69, 9.17) is 0 Å². The minimum Gasteiger partial charge on any atom is -0.335 e. The molecule has 1 saturated heterocycles. The van der Waals surface area contributed by atoms with Crippen molar-refractivity contribution < 1.29 is 22.4 Å². The van der Waals surface area contributed by atoms with Crippen LogP contribution in [0.25, 0.3) is 0 Å². The van der Waals surface area contributed by atoms with Crippen LogP contribution in [-0.2, 0) is 19.6 Å². The van der Waals surface area contributed by atoms with Crippen LogP contribution in [0.3, 0.4) is 0 Å². The van der Waals surface area contributed by atoms with Gasteiger partial charge < -0.3 is 10.2 Å². The molecule has 1 unspecified atom stereocenters. The van der Waals surface area contributed by atoms with Gasteiger partial charge in [0.05, 0.1) is 11.4 Å². The van der Waals surface area contributed by atoms with Gasteiger partial charge in [-0.2, -0.15) is 4.31 Å². The Morgan fingerprint density at radius 2 is 1.77 bits per heavy atom. The summed E-state index contributed by atoms with van der Waals surface area (Å²) in [5, 5.41) is 2.72. The van der Waals surface area contributed by atoms with Gasteiger partial charge in [0.2, 0.25) is 21.8 Å². The summed E-state index contributed by atoms with van der Waals surface area (Å²) in [4.78, 5) is 26.3. The fourth-order valence-electron chi connectivity index (χ4n) is 3.40. The van der Waals surface area contributed by atoms with Gasteiger partial charge in [0.1, 0.15) is 11.9 Å². The molecule has 0 aliphatic carbocycles. The highest BCUT2D eigenvalue weighted by Crippen LogP contribution is 2.27. The van der Waals surface area contributed by atoms with Crippen LogP contribution in [0.5, 0.6) is 0 Å². The van der Waals surface area contributed by atoms with E-state index in [0.717, 1.165) is 22.0 Å². The van der Waals surface area contributed by atoms with E-state index in [-0.39, 0.29) is 23.9 Å². The minimum atomic E-state index is -3.95. The standard InChI is InChI=1S/C21H24FN3O4S/c1-15-5-9-17(10-6-15)23-20(26)14-24(2)21(27)19-4-3-13-25(19)30(28,29)18-11-7-16(22)8-12-18/h5-12,19H,3-4,13-14H2,1-2H3,(H,23,26). The van der Waals surface area contributed by atoms with Crippen molar-refractivity contribution >= 4 is 27.5 Å². The maximum atomic E-state index is 13.2. The van der Waals surface area contributed by atoms with Crippen molar-refractivity contribution in [1.82, 2.24) is 9.21 Å². The van der Waals surface area contributed by atoms with Crippen molar-refractivity contribution in [2.75, 3.05) is 25.5 Å². The fourth-order valence-corrected chi connectivity index (χ4v) is 5.05. The number of nitrogens with one attached hydrogen (secondary N) is 1. The molecule has 3 rings (SSSR count). The highest BCUT2D eigenvalue weighted by atomic mass is 32.2. The van der Waals surface area contributed by atoms with Gasteiger partial charge >= 0.3 is 0 Å². The van der Waals surface area contributed by atoms with Gasteiger partial charge in [0.25, 0.3) is 0 Å². The van der Waals surface area contributed by atoms with E-state index in [1.54, 1.807) is 12.1 Å². The average Bonchev–Trinajstić information content (AvgIpc) is 3.20. The van der Waals surface area contributed by atoms with Crippen molar-refractivity contribution in [3.05, 3.63) is 59.9 Å². The van der Waals surface area contributed by atoms with Crippen LogP contribution < -0.4 is 5.32 Å². The van der Waals surface area contributed by atoms with Gasteiger partial charge in [-0.15, -0.1) is 0 Å². The maximum Gasteiger partial charge on any atom is 0.243 e. The summed E-state index contributed by atoms with van der Waals surface area (Å²) >= 11 is 0. The number of aryl methyl sites for hydroxylation is 1. The number of anilines is 1. The van der Waals surface area contributed by atoms with Crippen LogP contribution >= 0.6 is 0 Å². The SMILES string of the molecule is Cc1ccc(NC(=O)CN(C)C(=O)C2CCCN2S(=O)(=O)c2ccc(F)cc2)cc1. The normalized spacial score (nSPS) is 17.0. The summed E-state index contributed by atoms with van der Waals surface area (Å²) < 4.78 is 40.1. The second-order valence-electron chi connectivity index (χ2n) is 7.34. The average molecular weight is 434 g/mol. The molecule has 0 aromatic heterocycles. The second-order valence-corrected chi connectivity index (χ2v) is 9.23. The zero-order valence-corrected chi connectivity index (χ0v) is 17.7. The van der Waals surface area contributed by atoms with Crippen LogP contribution in [0.1, 0.15) is 18.4 Å². The summed E-state index contributed by atoms with van der Waals surface area (Å²) in [5.41, 5.74) is 1.68. The third-order valence-corrected chi connectivity index (χ3v) is 6.92. The molecule has 0 radical (unpaired) electrons. The van der Waals surface area contributed by atoms with Crippen molar-refractivity contribution in [3.8, 4) is 0 Å². The zero-order valence-electron chi connectivity index (χ0n) is 16.8. The highest BCUT2D eigenvalue weighted by molar-refractivity contribution is 7.89. The van der Waals surface area contributed by atoms with E-state index in [2.05, 4.69) is 5.32 Å². The number of carbonyl (C=O) groups excluding carboxylic acids is 2. The Morgan fingerprint density at radius 3 is 2.40 bits per heavy atom. The van der Waals surface area contributed by atoms with Gasteiger partial charge in [0, 0.05) is 19.3 Å². The van der Waals surface area contributed by atoms with Gasteiger partial charge in [-0.05, 0) is 56.2 Å².